The lowest BCUT2D eigenvalue weighted by Gasteiger charge is -2.36. The summed E-state index contributed by atoms with van der Waals surface area (Å²) < 4.78 is 10.4. The number of anilines is 1. The number of hydrogen-bond donors (Lipinski definition) is 2. The molecule has 8 heteroatoms. The van der Waals surface area contributed by atoms with Gasteiger partial charge in [0.05, 0.1) is 24.9 Å². The maximum atomic E-state index is 12.6. The van der Waals surface area contributed by atoms with Gasteiger partial charge in [0.2, 0.25) is 0 Å². The van der Waals surface area contributed by atoms with Gasteiger partial charge in [0.25, 0.3) is 0 Å². The lowest BCUT2D eigenvalue weighted by molar-refractivity contribution is -0.0765. The number of carbonyl (C=O) groups is 2. The van der Waals surface area contributed by atoms with Crippen LogP contribution in [0.1, 0.15) is 16.6 Å². The smallest absolute Gasteiger partial charge is 0.410 e. The molecule has 0 bridgehead atoms. The van der Waals surface area contributed by atoms with E-state index < -0.39 is 11.5 Å². The number of carbonyl (C=O) groups excluding carboxylic acids is 1. The van der Waals surface area contributed by atoms with Crippen molar-refractivity contribution in [3.8, 4) is 11.5 Å². The van der Waals surface area contributed by atoms with Crippen LogP contribution in [0, 0.1) is 5.41 Å². The molecule has 3 heterocycles. The molecule has 1 aliphatic rings. The van der Waals surface area contributed by atoms with Gasteiger partial charge in [0, 0.05) is 0 Å². The molecule has 2 aromatic heterocycles. The summed E-state index contributed by atoms with van der Waals surface area (Å²) in [6.45, 7) is 2.51. The number of furan rings is 1. The Labute approximate surface area is 123 Å². The average molecular weight is 308 g/mol. The fraction of sp³-hybridized carbons (Fsp3) is 0.308. The van der Waals surface area contributed by atoms with E-state index in [1.165, 1.54) is 6.26 Å². The van der Waals surface area contributed by atoms with Gasteiger partial charge in [0.1, 0.15) is 10.6 Å². The third-order valence-electron chi connectivity index (χ3n) is 3.19. The summed E-state index contributed by atoms with van der Waals surface area (Å²) in [5.41, 5.74) is -0.235. The molecule has 1 fully saturated rings. The van der Waals surface area contributed by atoms with Gasteiger partial charge >= 0.3 is 6.09 Å². The van der Waals surface area contributed by atoms with Gasteiger partial charge in [-0.2, -0.15) is 0 Å². The highest BCUT2D eigenvalue weighted by Crippen LogP contribution is 2.39. The van der Waals surface area contributed by atoms with Gasteiger partial charge in [0.15, 0.2) is 16.7 Å². The summed E-state index contributed by atoms with van der Waals surface area (Å²) in [5.74, 6) is 0.313. The lowest BCUT2D eigenvalue weighted by Crippen LogP contribution is -2.46. The van der Waals surface area contributed by atoms with Gasteiger partial charge in [-0.05, 0) is 19.1 Å². The average Bonchev–Trinajstić information content (AvgIpc) is 3.02. The Morgan fingerprint density at radius 1 is 1.48 bits per heavy atom. The van der Waals surface area contributed by atoms with Gasteiger partial charge < -0.3 is 14.3 Å². The predicted octanol–water partition coefficient (Wildman–Crippen LogP) is 2.71. The van der Waals surface area contributed by atoms with E-state index in [2.05, 4.69) is 10.3 Å². The molecule has 2 N–H and O–H groups in total. The molecule has 0 aliphatic carbocycles. The summed E-state index contributed by atoms with van der Waals surface area (Å²) in [6, 6.07) is 3.36. The number of Topliss-reactive ketones (excluding diaryl/α,β-unsaturated/α-hetero) is 1. The molecular weight excluding hydrogens is 296 g/mol. The number of thiazole rings is 1. The van der Waals surface area contributed by atoms with Crippen molar-refractivity contribution in [2.75, 3.05) is 18.5 Å². The number of nitrogens with one attached hydrogen (secondary N) is 1. The maximum absolute atomic E-state index is 12.6. The van der Waals surface area contributed by atoms with Crippen LogP contribution in [0.5, 0.6) is 0 Å². The minimum atomic E-state index is -1.23. The van der Waals surface area contributed by atoms with Crippen molar-refractivity contribution in [1.29, 1.82) is 0 Å². The van der Waals surface area contributed by atoms with Crippen LogP contribution >= 0.6 is 11.3 Å². The predicted molar refractivity (Wildman–Crippen MR) is 74.7 cm³/mol. The molecule has 0 atom stereocenters. The Morgan fingerprint density at radius 2 is 2.24 bits per heavy atom. The molecule has 0 unspecified atom stereocenters. The van der Waals surface area contributed by atoms with E-state index in [9.17, 15) is 9.59 Å². The Hall–Kier alpha value is -2.19. The molecule has 3 rings (SSSR count). The van der Waals surface area contributed by atoms with Crippen LogP contribution < -0.4 is 5.32 Å². The van der Waals surface area contributed by atoms with Gasteiger partial charge in [-0.15, -0.1) is 0 Å². The number of nitrogens with zero attached hydrogens (tertiary/aromatic N) is 1. The quantitative estimate of drug-likeness (QED) is 0.842. The lowest BCUT2D eigenvalue weighted by atomic mass is 9.82. The first-order valence-corrected chi connectivity index (χ1v) is 6.98. The second-order valence-electron chi connectivity index (χ2n) is 4.99. The topological polar surface area (TPSA) is 102 Å². The zero-order valence-corrected chi connectivity index (χ0v) is 11.9. The Bertz CT molecular complexity index is 687. The van der Waals surface area contributed by atoms with E-state index >= 15 is 0 Å². The van der Waals surface area contributed by atoms with Crippen molar-refractivity contribution in [3.63, 3.8) is 0 Å². The molecule has 7 nitrogen and oxygen atoms in total. The van der Waals surface area contributed by atoms with E-state index in [4.69, 9.17) is 14.3 Å². The van der Waals surface area contributed by atoms with E-state index in [0.717, 1.165) is 11.3 Å². The largest absolute Gasteiger partial charge is 0.465 e. The molecule has 1 amide bonds. The first-order chi connectivity index (χ1) is 9.99. The second kappa shape index (κ2) is 4.97. The van der Waals surface area contributed by atoms with E-state index in [1.54, 1.807) is 12.1 Å². The second-order valence-corrected chi connectivity index (χ2v) is 5.99. The standard InChI is InChI=1S/C13H12N2O5S/c1-13(5-19-6-13)10(16)9-8(7-3-2-4-20-7)14-11(21-9)15-12(17)18/h2-4H,5-6H2,1H3,(H,14,15)(H,17,18). The summed E-state index contributed by atoms with van der Waals surface area (Å²) in [5, 5.41) is 11.1. The number of ketones is 1. The van der Waals surface area contributed by atoms with Crippen molar-refractivity contribution >= 4 is 28.3 Å². The summed E-state index contributed by atoms with van der Waals surface area (Å²) >= 11 is 1.00. The van der Waals surface area contributed by atoms with Gasteiger partial charge in [-0.1, -0.05) is 11.3 Å². The molecule has 110 valence electrons. The minimum absolute atomic E-state index is 0.115. The van der Waals surface area contributed by atoms with Crippen molar-refractivity contribution in [2.45, 2.75) is 6.92 Å². The molecule has 1 saturated heterocycles. The highest BCUT2D eigenvalue weighted by Gasteiger charge is 2.43. The van der Waals surface area contributed by atoms with Crippen LogP contribution in [-0.2, 0) is 4.74 Å². The highest BCUT2D eigenvalue weighted by atomic mass is 32.1. The maximum Gasteiger partial charge on any atom is 0.410 e. The fourth-order valence-electron chi connectivity index (χ4n) is 2.01. The van der Waals surface area contributed by atoms with Crippen LogP contribution in [0.15, 0.2) is 22.8 Å². The van der Waals surface area contributed by atoms with E-state index in [0.29, 0.717) is 29.5 Å². The summed E-state index contributed by atoms with van der Waals surface area (Å²) in [7, 11) is 0. The van der Waals surface area contributed by atoms with Gasteiger partial charge in [-0.25, -0.2) is 9.78 Å². The van der Waals surface area contributed by atoms with Crippen LogP contribution in [0.25, 0.3) is 11.5 Å². The van der Waals surface area contributed by atoms with Gasteiger partial charge in [-0.3, -0.25) is 10.1 Å². The molecule has 21 heavy (non-hydrogen) atoms. The van der Waals surface area contributed by atoms with E-state index in [-0.39, 0.29) is 10.9 Å². The summed E-state index contributed by atoms with van der Waals surface area (Å²) in [6.07, 6.45) is 0.244. The Kier molecular flexibility index (Phi) is 3.26. The first-order valence-electron chi connectivity index (χ1n) is 6.17. The molecule has 0 saturated carbocycles. The summed E-state index contributed by atoms with van der Waals surface area (Å²) in [4.78, 5) is 27.9. The number of hydrogen-bond acceptors (Lipinski definition) is 6. The molecule has 0 spiro atoms. The minimum Gasteiger partial charge on any atom is -0.465 e. The van der Waals surface area contributed by atoms with Crippen LogP contribution in [0.3, 0.4) is 0 Å². The van der Waals surface area contributed by atoms with Crippen LogP contribution in [-0.4, -0.2) is 35.2 Å². The van der Waals surface area contributed by atoms with Crippen molar-refractivity contribution in [1.82, 2.24) is 4.98 Å². The highest BCUT2D eigenvalue weighted by molar-refractivity contribution is 7.18. The van der Waals surface area contributed by atoms with Crippen molar-refractivity contribution in [3.05, 3.63) is 23.3 Å². The first kappa shape index (κ1) is 13.8. The number of amides is 1. The van der Waals surface area contributed by atoms with Crippen LogP contribution in [0.4, 0.5) is 9.93 Å². The Morgan fingerprint density at radius 3 is 2.76 bits per heavy atom. The molecule has 1 aliphatic heterocycles. The number of rotatable bonds is 4. The third kappa shape index (κ3) is 2.43. The monoisotopic (exact) mass is 308 g/mol. The third-order valence-corrected chi connectivity index (χ3v) is 4.16. The zero-order valence-electron chi connectivity index (χ0n) is 11.1. The van der Waals surface area contributed by atoms with Crippen molar-refractivity contribution < 1.29 is 23.8 Å². The number of aromatic nitrogens is 1. The fourth-order valence-corrected chi connectivity index (χ4v) is 3.06. The van der Waals surface area contributed by atoms with Crippen LogP contribution in [0.2, 0.25) is 0 Å². The van der Waals surface area contributed by atoms with Crippen molar-refractivity contribution in [2.24, 2.45) is 5.41 Å². The molecular formula is C13H12N2O5S. The molecule has 0 aromatic carbocycles. The normalized spacial score (nSPS) is 16.2. The molecule has 2 aromatic rings. The van der Waals surface area contributed by atoms with E-state index in [1.807, 2.05) is 6.92 Å². The molecule has 0 radical (unpaired) electrons. The zero-order chi connectivity index (χ0) is 15.0. The SMILES string of the molecule is CC1(C(=O)c2sc(NC(=O)O)nc2-c2ccco2)COC1. The number of ether oxygens (including phenoxy) is 1. The Balaban J connectivity index is 2.03. The number of carboxylic acid groups (broad SMARTS) is 1.